The van der Waals surface area contributed by atoms with Crippen LogP contribution in [-0.2, 0) is 14.3 Å². The third-order valence-corrected chi connectivity index (χ3v) is 4.94. The second-order valence-corrected chi connectivity index (χ2v) is 6.69. The Bertz CT molecular complexity index is 560. The van der Waals surface area contributed by atoms with Gasteiger partial charge in [-0.15, -0.1) is 0 Å². The topological polar surface area (TPSA) is 101 Å². The summed E-state index contributed by atoms with van der Waals surface area (Å²) in [6, 6.07) is 7.29. The van der Waals surface area contributed by atoms with Crippen LogP contribution in [0, 0.1) is 0 Å². The molecule has 0 unspecified atom stereocenters. The van der Waals surface area contributed by atoms with Gasteiger partial charge in [0.2, 0.25) is 0 Å². The van der Waals surface area contributed by atoms with E-state index in [2.05, 4.69) is 19.5 Å². The summed E-state index contributed by atoms with van der Waals surface area (Å²) < 4.78 is 8.97. The minimum atomic E-state index is -0.938. The summed E-state index contributed by atoms with van der Waals surface area (Å²) in [4.78, 5) is 26.0. The summed E-state index contributed by atoms with van der Waals surface area (Å²) in [6.45, 7) is 1.83. The Morgan fingerprint density at radius 3 is 2.65 bits per heavy atom. The van der Waals surface area contributed by atoms with Crippen molar-refractivity contribution in [2.24, 2.45) is 5.11 Å². The number of hydrogen-bond donors (Lipinski definition) is 0. The molecule has 0 fully saturated rings. The molecular formula is C14H17N3O4S2. The van der Waals surface area contributed by atoms with Crippen LogP contribution in [0.15, 0.2) is 34.3 Å². The Morgan fingerprint density at radius 2 is 2.00 bits per heavy atom. The minimum absolute atomic E-state index is 0.184. The summed E-state index contributed by atoms with van der Waals surface area (Å²) in [5.74, 6) is 0.310. The number of hydrogen-bond acceptors (Lipinski definition) is 7. The van der Waals surface area contributed by atoms with E-state index < -0.39 is 12.1 Å². The van der Waals surface area contributed by atoms with Gasteiger partial charge in [-0.3, -0.25) is 4.79 Å². The lowest BCUT2D eigenvalue weighted by Crippen LogP contribution is -2.13. The van der Waals surface area contributed by atoms with Gasteiger partial charge in [-0.25, -0.2) is 4.79 Å². The van der Waals surface area contributed by atoms with Crippen molar-refractivity contribution in [1.29, 1.82) is 0 Å². The van der Waals surface area contributed by atoms with E-state index in [1.54, 1.807) is 40.6 Å². The lowest BCUT2D eigenvalue weighted by Gasteiger charge is -2.03. The van der Waals surface area contributed by atoms with E-state index >= 15 is 0 Å². The smallest absolute Gasteiger partial charge is 0.434 e. The van der Waals surface area contributed by atoms with Gasteiger partial charge in [0.15, 0.2) is 0 Å². The zero-order valence-electron chi connectivity index (χ0n) is 12.6. The fourth-order valence-corrected chi connectivity index (χ4v) is 3.59. The Balaban J connectivity index is 2.10. The highest BCUT2D eigenvalue weighted by molar-refractivity contribution is 8.76. The maximum atomic E-state index is 11.3. The second-order valence-electron chi connectivity index (χ2n) is 4.20. The molecule has 1 aromatic carbocycles. The SMILES string of the molecule is CCOC(=O)OC(=O)CCCCSSc1ccc(N=[N+]=[N-])cc1. The normalized spacial score (nSPS) is 9.78. The monoisotopic (exact) mass is 355 g/mol. The highest BCUT2D eigenvalue weighted by Gasteiger charge is 2.10. The lowest BCUT2D eigenvalue weighted by molar-refractivity contribution is -0.139. The van der Waals surface area contributed by atoms with Crippen molar-refractivity contribution in [3.8, 4) is 0 Å². The number of carbonyl (C=O) groups excluding carboxylic acids is 2. The average Bonchev–Trinajstić information content (AvgIpc) is 2.52. The van der Waals surface area contributed by atoms with Crippen LogP contribution < -0.4 is 0 Å². The first kappa shape index (κ1) is 19.2. The van der Waals surface area contributed by atoms with Crippen molar-refractivity contribution in [2.45, 2.75) is 31.1 Å². The van der Waals surface area contributed by atoms with Crippen LogP contribution in [0.2, 0.25) is 0 Å². The van der Waals surface area contributed by atoms with E-state index in [0.717, 1.165) is 17.1 Å². The van der Waals surface area contributed by atoms with Crippen molar-refractivity contribution in [3.05, 3.63) is 34.7 Å². The molecule has 0 spiro atoms. The van der Waals surface area contributed by atoms with Gasteiger partial charge in [0.25, 0.3) is 0 Å². The van der Waals surface area contributed by atoms with Crippen LogP contribution in [0.5, 0.6) is 0 Å². The molecule has 0 bridgehead atoms. The molecule has 1 rings (SSSR count). The zero-order valence-corrected chi connectivity index (χ0v) is 14.3. The summed E-state index contributed by atoms with van der Waals surface area (Å²) in [5.41, 5.74) is 8.90. The van der Waals surface area contributed by atoms with Crippen molar-refractivity contribution in [2.75, 3.05) is 12.4 Å². The van der Waals surface area contributed by atoms with Gasteiger partial charge in [0, 0.05) is 27.7 Å². The van der Waals surface area contributed by atoms with E-state index in [4.69, 9.17) is 5.53 Å². The fraction of sp³-hybridized carbons (Fsp3) is 0.429. The van der Waals surface area contributed by atoms with Crippen LogP contribution in [0.3, 0.4) is 0 Å². The molecule has 0 aliphatic rings. The van der Waals surface area contributed by atoms with E-state index in [9.17, 15) is 9.59 Å². The quantitative estimate of drug-likeness (QED) is 0.114. The highest BCUT2D eigenvalue weighted by atomic mass is 33.1. The molecule has 0 radical (unpaired) electrons. The molecule has 0 atom stereocenters. The molecule has 9 heteroatoms. The number of benzene rings is 1. The van der Waals surface area contributed by atoms with Gasteiger partial charge in [-0.2, -0.15) is 0 Å². The van der Waals surface area contributed by atoms with Gasteiger partial charge in [0.1, 0.15) is 0 Å². The third kappa shape index (κ3) is 9.02. The maximum Gasteiger partial charge on any atom is 0.516 e. The molecule has 0 heterocycles. The molecule has 0 saturated carbocycles. The van der Waals surface area contributed by atoms with Gasteiger partial charge < -0.3 is 9.47 Å². The maximum absolute atomic E-state index is 11.3. The Morgan fingerprint density at radius 1 is 1.26 bits per heavy atom. The lowest BCUT2D eigenvalue weighted by atomic mass is 10.2. The zero-order chi connectivity index (χ0) is 16.9. The summed E-state index contributed by atoms with van der Waals surface area (Å²) in [5, 5.41) is 3.50. The summed E-state index contributed by atoms with van der Waals surface area (Å²) >= 11 is 0. The number of azide groups is 1. The molecule has 0 saturated heterocycles. The number of unbranched alkanes of at least 4 members (excludes halogenated alkanes) is 1. The van der Waals surface area contributed by atoms with Crippen molar-refractivity contribution >= 4 is 39.4 Å². The van der Waals surface area contributed by atoms with E-state index in [-0.39, 0.29) is 13.0 Å². The minimum Gasteiger partial charge on any atom is -0.434 e. The molecule has 0 aliphatic heterocycles. The number of rotatable bonds is 9. The molecule has 0 aliphatic carbocycles. The number of nitrogens with zero attached hydrogens (tertiary/aromatic N) is 3. The van der Waals surface area contributed by atoms with Crippen molar-refractivity contribution < 1.29 is 19.1 Å². The van der Waals surface area contributed by atoms with E-state index in [1.165, 1.54) is 0 Å². The molecule has 0 aromatic heterocycles. The van der Waals surface area contributed by atoms with Crippen LogP contribution in [0.25, 0.3) is 10.4 Å². The number of ether oxygens (including phenoxy) is 2. The second kappa shape index (κ2) is 11.7. The predicted molar refractivity (Wildman–Crippen MR) is 90.5 cm³/mol. The summed E-state index contributed by atoms with van der Waals surface area (Å²) in [6.07, 6.45) is 0.755. The average molecular weight is 355 g/mol. The molecule has 0 N–H and O–H groups in total. The molecule has 7 nitrogen and oxygen atoms in total. The first-order valence-corrected chi connectivity index (χ1v) is 9.29. The first-order chi connectivity index (χ1) is 11.2. The molecule has 23 heavy (non-hydrogen) atoms. The van der Waals surface area contributed by atoms with Gasteiger partial charge in [-0.1, -0.05) is 38.8 Å². The molecule has 0 amide bonds. The third-order valence-electron chi connectivity index (χ3n) is 2.47. The van der Waals surface area contributed by atoms with Gasteiger partial charge in [0.05, 0.1) is 6.61 Å². The Hall–Kier alpha value is -1.83. The standard InChI is InChI=1S/C14H17N3O4S2/c1-2-20-14(19)21-13(18)5-3-4-10-22-23-12-8-6-11(7-9-12)16-17-15/h6-9H,2-5,10H2,1H3. The number of carbonyl (C=O) groups is 2. The molecule has 124 valence electrons. The van der Waals surface area contributed by atoms with Crippen LogP contribution in [-0.4, -0.2) is 24.5 Å². The fourth-order valence-electron chi connectivity index (χ4n) is 1.45. The number of esters is 1. The van der Waals surface area contributed by atoms with Gasteiger partial charge >= 0.3 is 12.1 Å². The highest BCUT2D eigenvalue weighted by Crippen LogP contribution is 2.32. The summed E-state index contributed by atoms with van der Waals surface area (Å²) in [7, 11) is 3.28. The van der Waals surface area contributed by atoms with Crippen molar-refractivity contribution in [1.82, 2.24) is 0 Å². The van der Waals surface area contributed by atoms with E-state index in [1.807, 2.05) is 12.1 Å². The Kier molecular flexibility index (Phi) is 9.78. The predicted octanol–water partition coefficient (Wildman–Crippen LogP) is 5.24. The largest absolute Gasteiger partial charge is 0.516 e. The Labute approximate surface area is 142 Å². The molecular weight excluding hydrogens is 338 g/mol. The first-order valence-electron chi connectivity index (χ1n) is 6.97. The van der Waals surface area contributed by atoms with Crippen LogP contribution in [0.1, 0.15) is 26.2 Å². The van der Waals surface area contributed by atoms with Crippen molar-refractivity contribution in [3.63, 3.8) is 0 Å². The van der Waals surface area contributed by atoms with Crippen LogP contribution in [0.4, 0.5) is 10.5 Å². The molecule has 1 aromatic rings. The van der Waals surface area contributed by atoms with E-state index in [0.29, 0.717) is 12.1 Å². The van der Waals surface area contributed by atoms with Gasteiger partial charge in [-0.05, 0) is 37.4 Å². The van der Waals surface area contributed by atoms with Crippen LogP contribution >= 0.6 is 21.6 Å².